The van der Waals surface area contributed by atoms with Crippen molar-refractivity contribution >= 4 is 29.0 Å². The van der Waals surface area contributed by atoms with E-state index in [2.05, 4.69) is 4.90 Å². The average molecular weight is 506 g/mol. The monoisotopic (exact) mass is 505 g/mol. The molecule has 4 saturated carbocycles. The zero-order valence-corrected chi connectivity index (χ0v) is 20.7. The summed E-state index contributed by atoms with van der Waals surface area (Å²) in [6.07, 6.45) is -0.849. The number of hydrogen-bond acceptors (Lipinski definition) is 10. The highest BCUT2D eigenvalue weighted by Gasteiger charge is 2.68. The van der Waals surface area contributed by atoms with E-state index < -0.39 is 64.7 Å². The van der Waals surface area contributed by atoms with Gasteiger partial charge in [0, 0.05) is 31.5 Å². The quantitative estimate of drug-likeness (QED) is 0.358. The van der Waals surface area contributed by atoms with Gasteiger partial charge in [-0.15, -0.1) is 0 Å². The molecule has 1 heterocycles. The first-order chi connectivity index (χ1) is 17.0. The Hall–Kier alpha value is -2.05. The number of carbonyl (C=O) groups excluding carboxylic acids is 5. The molecular formula is C25H35N3O8. The molecule has 10 atom stereocenters. The van der Waals surface area contributed by atoms with Crippen molar-refractivity contribution in [1.82, 2.24) is 9.80 Å². The third kappa shape index (κ3) is 3.62. The first-order valence-corrected chi connectivity index (χ1v) is 12.8. The molecule has 1 saturated heterocycles. The number of Topliss-reactive ketones (excluding diaryl/α,β-unsaturated/α-hetero) is 4. The number of ketones is 4. The molecule has 0 aromatic heterocycles. The molecule has 0 bridgehead atoms. The smallest absolute Gasteiger partial charge is 0.235 e. The van der Waals surface area contributed by atoms with E-state index in [4.69, 9.17) is 10.5 Å². The standard InChI is InChI=1S/C25H35N3O8/c1-27(2)14-10-15(28-3-5-36-6-4-28)20(30)18-13(14)8-11-7-12-9-16(29)19(24(26)34)23(33)25(12,35)22(32)17(11)21(18)31/h11-15,17-19,22,32,35H,3-10H2,1-2H3,(H2,26,34)/t11-,12+,13?,14?,15?,17?,18?,19?,22?,25+/m1/s1. The SMILES string of the molecule is CN(C)C1CC(N2CCOCC2)C(=O)C2C(=O)C3C(O)[C@]4(O)C(=O)C(C(N)=O)C(=O)C[C@@H]4C[C@@H]3CC21. The highest BCUT2D eigenvalue weighted by molar-refractivity contribution is 6.22. The van der Waals surface area contributed by atoms with Crippen LogP contribution >= 0.6 is 0 Å². The van der Waals surface area contributed by atoms with Gasteiger partial charge in [0.25, 0.3) is 0 Å². The Labute approximate surface area is 209 Å². The number of nitrogens with zero attached hydrogens (tertiary/aromatic N) is 2. The second kappa shape index (κ2) is 9.05. The van der Waals surface area contributed by atoms with Crippen molar-refractivity contribution in [3.63, 3.8) is 0 Å². The summed E-state index contributed by atoms with van der Waals surface area (Å²) in [7, 11) is 3.86. The minimum atomic E-state index is -2.43. The number of aliphatic hydroxyl groups is 2. The van der Waals surface area contributed by atoms with Gasteiger partial charge in [-0.1, -0.05) is 0 Å². The van der Waals surface area contributed by atoms with Crippen LogP contribution in [0.25, 0.3) is 0 Å². The van der Waals surface area contributed by atoms with Gasteiger partial charge in [0.05, 0.1) is 31.1 Å². The summed E-state index contributed by atoms with van der Waals surface area (Å²) in [6, 6.07) is -0.495. The molecule has 0 spiro atoms. The van der Waals surface area contributed by atoms with Crippen molar-refractivity contribution in [2.45, 2.75) is 49.5 Å². The van der Waals surface area contributed by atoms with Crippen LogP contribution in [0.3, 0.4) is 0 Å². The molecule has 1 aliphatic heterocycles. The first-order valence-electron chi connectivity index (χ1n) is 12.8. The summed E-state index contributed by atoms with van der Waals surface area (Å²) in [5.74, 6) is -9.09. The van der Waals surface area contributed by atoms with E-state index in [-0.39, 0.29) is 36.5 Å². The lowest BCUT2D eigenvalue weighted by atomic mass is 9.49. The molecule has 0 aromatic carbocycles. The normalized spacial score (nSPS) is 45.8. The van der Waals surface area contributed by atoms with Gasteiger partial charge in [-0.05, 0) is 45.2 Å². The van der Waals surface area contributed by atoms with Crippen molar-refractivity contribution in [2.75, 3.05) is 40.4 Å². The Morgan fingerprint density at radius 2 is 1.75 bits per heavy atom. The molecule has 1 amide bonds. The third-order valence-electron chi connectivity index (χ3n) is 9.60. The largest absolute Gasteiger partial charge is 0.389 e. The van der Waals surface area contributed by atoms with Gasteiger partial charge in [-0.25, -0.2) is 0 Å². The van der Waals surface area contributed by atoms with Crippen LogP contribution in [-0.4, -0.2) is 113 Å². The minimum absolute atomic E-state index is 0.0442. The van der Waals surface area contributed by atoms with Gasteiger partial charge in [0.2, 0.25) is 5.91 Å². The molecule has 198 valence electrons. The van der Waals surface area contributed by atoms with Crippen LogP contribution in [0, 0.1) is 35.5 Å². The number of ether oxygens (including phenoxy) is 1. The predicted octanol–water partition coefficient (Wildman–Crippen LogP) is -2.22. The highest BCUT2D eigenvalue weighted by atomic mass is 16.5. The van der Waals surface area contributed by atoms with Gasteiger partial charge >= 0.3 is 0 Å². The van der Waals surface area contributed by atoms with Crippen LogP contribution in [0.1, 0.15) is 25.7 Å². The summed E-state index contributed by atoms with van der Waals surface area (Å²) >= 11 is 0. The summed E-state index contributed by atoms with van der Waals surface area (Å²) < 4.78 is 5.44. The van der Waals surface area contributed by atoms with Crippen LogP contribution < -0.4 is 5.73 Å². The van der Waals surface area contributed by atoms with Crippen LogP contribution in [0.2, 0.25) is 0 Å². The van der Waals surface area contributed by atoms with E-state index >= 15 is 0 Å². The number of aliphatic hydroxyl groups excluding tert-OH is 1. The number of morpholine rings is 1. The third-order valence-corrected chi connectivity index (χ3v) is 9.60. The summed E-state index contributed by atoms with van der Waals surface area (Å²) in [5, 5.41) is 22.8. The van der Waals surface area contributed by atoms with E-state index in [1.54, 1.807) is 0 Å². The molecule has 5 fully saturated rings. The van der Waals surface area contributed by atoms with Crippen molar-refractivity contribution < 1.29 is 38.9 Å². The fourth-order valence-corrected chi connectivity index (χ4v) is 7.88. The zero-order valence-electron chi connectivity index (χ0n) is 20.7. The van der Waals surface area contributed by atoms with E-state index in [1.165, 1.54) is 0 Å². The second-order valence-corrected chi connectivity index (χ2v) is 11.5. The van der Waals surface area contributed by atoms with Crippen LogP contribution in [0.5, 0.6) is 0 Å². The molecular weight excluding hydrogens is 470 g/mol. The highest BCUT2D eigenvalue weighted by Crippen LogP contribution is 2.54. The lowest BCUT2D eigenvalue weighted by Gasteiger charge is -2.57. The van der Waals surface area contributed by atoms with Gasteiger partial charge < -0.3 is 25.6 Å². The van der Waals surface area contributed by atoms with Crippen molar-refractivity contribution in [1.29, 1.82) is 0 Å². The molecule has 7 unspecified atom stereocenters. The lowest BCUT2D eigenvalue weighted by Crippen LogP contribution is -2.72. The maximum Gasteiger partial charge on any atom is 0.235 e. The summed E-state index contributed by atoms with van der Waals surface area (Å²) in [4.78, 5) is 69.4. The van der Waals surface area contributed by atoms with E-state index in [0.29, 0.717) is 39.1 Å². The van der Waals surface area contributed by atoms with Crippen molar-refractivity contribution in [3.8, 4) is 0 Å². The molecule has 0 aromatic rings. The Kier molecular flexibility index (Phi) is 6.44. The first kappa shape index (κ1) is 25.6. The molecule has 11 heteroatoms. The maximum atomic E-state index is 14.0. The van der Waals surface area contributed by atoms with Crippen LogP contribution in [0.4, 0.5) is 0 Å². The Morgan fingerprint density at radius 3 is 2.36 bits per heavy atom. The molecule has 5 rings (SSSR count). The van der Waals surface area contributed by atoms with Gasteiger partial charge in [-0.3, -0.25) is 28.9 Å². The molecule has 5 aliphatic rings. The molecule has 36 heavy (non-hydrogen) atoms. The zero-order chi connectivity index (χ0) is 26.1. The predicted molar refractivity (Wildman–Crippen MR) is 123 cm³/mol. The van der Waals surface area contributed by atoms with Crippen LogP contribution in [0.15, 0.2) is 0 Å². The molecule has 4 aliphatic carbocycles. The maximum absolute atomic E-state index is 14.0. The van der Waals surface area contributed by atoms with Crippen LogP contribution in [-0.2, 0) is 28.7 Å². The van der Waals surface area contributed by atoms with Crippen molar-refractivity contribution in [3.05, 3.63) is 0 Å². The van der Waals surface area contributed by atoms with E-state index in [0.717, 1.165) is 0 Å². The van der Waals surface area contributed by atoms with Crippen molar-refractivity contribution in [2.24, 2.45) is 41.2 Å². The number of carbonyl (C=O) groups is 5. The van der Waals surface area contributed by atoms with Gasteiger partial charge in [0.1, 0.15) is 11.9 Å². The fourth-order valence-electron chi connectivity index (χ4n) is 7.88. The number of fused-ring (bicyclic) bond motifs is 3. The Balaban J connectivity index is 1.49. The topological polar surface area (TPSA) is 168 Å². The number of amides is 1. The number of hydrogen-bond donors (Lipinski definition) is 3. The Morgan fingerprint density at radius 1 is 1.08 bits per heavy atom. The molecule has 4 N–H and O–H groups in total. The van der Waals surface area contributed by atoms with E-state index in [9.17, 15) is 34.2 Å². The molecule has 0 radical (unpaired) electrons. The lowest BCUT2D eigenvalue weighted by molar-refractivity contribution is -0.206. The van der Waals surface area contributed by atoms with E-state index in [1.807, 2.05) is 19.0 Å². The van der Waals surface area contributed by atoms with Gasteiger partial charge in [0.15, 0.2) is 28.9 Å². The number of primary amides is 1. The Bertz CT molecular complexity index is 994. The molecule has 11 nitrogen and oxygen atoms in total. The second-order valence-electron chi connectivity index (χ2n) is 11.5. The fraction of sp³-hybridized carbons (Fsp3) is 0.800. The van der Waals surface area contributed by atoms with Gasteiger partial charge in [-0.2, -0.15) is 0 Å². The number of rotatable bonds is 3. The average Bonchev–Trinajstić information content (AvgIpc) is 2.81. The summed E-state index contributed by atoms with van der Waals surface area (Å²) in [5.41, 5.74) is 2.83. The summed E-state index contributed by atoms with van der Waals surface area (Å²) in [6.45, 7) is 2.21. The minimum Gasteiger partial charge on any atom is -0.389 e. The number of nitrogens with two attached hydrogens (primary N) is 1.